The molecule has 1 aromatic carbocycles. The topological polar surface area (TPSA) is 21.3 Å². The molecule has 18 heavy (non-hydrogen) atoms. The van der Waals surface area contributed by atoms with Crippen molar-refractivity contribution in [2.75, 3.05) is 14.2 Å². The monoisotopic (exact) mass is 245 g/mol. The normalized spacial score (nSPS) is 18.2. The van der Waals surface area contributed by atoms with E-state index in [2.05, 4.69) is 43.4 Å². The van der Waals surface area contributed by atoms with E-state index in [1.807, 2.05) is 7.05 Å². The van der Waals surface area contributed by atoms with Gasteiger partial charge in [0.25, 0.3) is 0 Å². The summed E-state index contributed by atoms with van der Waals surface area (Å²) < 4.78 is 5.32. The molecule has 0 aliphatic heterocycles. The van der Waals surface area contributed by atoms with E-state index < -0.39 is 0 Å². The highest BCUT2D eigenvalue weighted by Crippen LogP contribution is 2.35. The first-order valence-electron chi connectivity index (χ1n) is 6.71. The Kier molecular flexibility index (Phi) is 4.07. The maximum absolute atomic E-state index is 5.32. The van der Waals surface area contributed by atoms with Gasteiger partial charge in [0.15, 0.2) is 0 Å². The highest BCUT2D eigenvalue weighted by molar-refractivity contribution is 5.74. The Balaban J connectivity index is 2.32. The fourth-order valence-electron chi connectivity index (χ4n) is 2.60. The first-order chi connectivity index (χ1) is 8.65. The molecule has 1 aliphatic rings. The van der Waals surface area contributed by atoms with Crippen LogP contribution in [0.15, 0.2) is 24.3 Å². The summed E-state index contributed by atoms with van der Waals surface area (Å²) in [6, 6.07) is 6.86. The van der Waals surface area contributed by atoms with Crippen LogP contribution in [0.4, 0.5) is 0 Å². The molecule has 0 aromatic heterocycles. The molecule has 0 fully saturated rings. The Morgan fingerprint density at radius 1 is 1.28 bits per heavy atom. The molecule has 0 saturated heterocycles. The van der Waals surface area contributed by atoms with Crippen molar-refractivity contribution in [2.24, 2.45) is 5.92 Å². The van der Waals surface area contributed by atoms with E-state index in [1.165, 1.54) is 16.7 Å². The zero-order chi connectivity index (χ0) is 13.1. The fraction of sp³-hybridized carbons (Fsp3) is 0.500. The fourth-order valence-corrected chi connectivity index (χ4v) is 2.60. The van der Waals surface area contributed by atoms with Gasteiger partial charge < -0.3 is 10.1 Å². The van der Waals surface area contributed by atoms with Crippen molar-refractivity contribution in [1.82, 2.24) is 5.32 Å². The van der Waals surface area contributed by atoms with Crippen LogP contribution in [0, 0.1) is 5.92 Å². The van der Waals surface area contributed by atoms with Gasteiger partial charge in [-0.2, -0.15) is 0 Å². The number of benzene rings is 1. The van der Waals surface area contributed by atoms with Gasteiger partial charge in [-0.1, -0.05) is 26.0 Å². The number of methoxy groups -OCH3 is 1. The molecular weight excluding hydrogens is 222 g/mol. The van der Waals surface area contributed by atoms with Gasteiger partial charge in [0, 0.05) is 6.04 Å². The quantitative estimate of drug-likeness (QED) is 0.879. The Morgan fingerprint density at radius 2 is 2.06 bits per heavy atom. The van der Waals surface area contributed by atoms with Crippen LogP contribution in [-0.4, -0.2) is 20.2 Å². The number of ether oxygens (including phenoxy) is 1. The standard InChI is InChI=1S/C16H23NO/c1-11(2)16(17-3)9-13-6-5-12-7-8-14(18-4)10-15(12)13/h7-11,16-17H,5-6H2,1-4H3/b13-9+. The van der Waals surface area contributed by atoms with Crippen LogP contribution in [-0.2, 0) is 6.42 Å². The van der Waals surface area contributed by atoms with Gasteiger partial charge in [0.2, 0.25) is 0 Å². The second kappa shape index (κ2) is 5.57. The molecule has 1 atom stereocenters. The van der Waals surface area contributed by atoms with Crippen molar-refractivity contribution in [1.29, 1.82) is 0 Å². The van der Waals surface area contributed by atoms with Gasteiger partial charge in [0.05, 0.1) is 7.11 Å². The van der Waals surface area contributed by atoms with Crippen LogP contribution in [0.2, 0.25) is 0 Å². The maximum atomic E-state index is 5.32. The molecule has 1 N–H and O–H groups in total. The summed E-state index contributed by atoms with van der Waals surface area (Å²) in [7, 11) is 3.76. The molecule has 0 spiro atoms. The predicted octanol–water partition coefficient (Wildman–Crippen LogP) is 3.27. The molecule has 1 aliphatic carbocycles. The van der Waals surface area contributed by atoms with E-state index in [4.69, 9.17) is 4.74 Å². The third-order valence-corrected chi connectivity index (χ3v) is 3.76. The van der Waals surface area contributed by atoms with E-state index in [-0.39, 0.29) is 0 Å². The zero-order valence-corrected chi connectivity index (χ0v) is 11.8. The maximum Gasteiger partial charge on any atom is 0.119 e. The van der Waals surface area contributed by atoms with E-state index in [1.54, 1.807) is 7.11 Å². The average molecular weight is 245 g/mol. The number of hydrogen-bond acceptors (Lipinski definition) is 2. The molecule has 1 aromatic rings. The van der Waals surface area contributed by atoms with Crippen molar-refractivity contribution in [3.05, 3.63) is 35.4 Å². The SMILES string of the molecule is CNC(/C=C1\CCc2ccc(OC)cc21)C(C)C. The van der Waals surface area contributed by atoms with Crippen molar-refractivity contribution in [2.45, 2.75) is 32.7 Å². The van der Waals surface area contributed by atoms with Gasteiger partial charge >= 0.3 is 0 Å². The second-order valence-electron chi connectivity index (χ2n) is 5.27. The third-order valence-electron chi connectivity index (χ3n) is 3.76. The lowest BCUT2D eigenvalue weighted by Crippen LogP contribution is -2.28. The lowest BCUT2D eigenvalue weighted by Gasteiger charge is -2.17. The second-order valence-corrected chi connectivity index (χ2v) is 5.27. The summed E-state index contributed by atoms with van der Waals surface area (Å²) >= 11 is 0. The first kappa shape index (κ1) is 13.2. The molecule has 2 rings (SSSR count). The number of likely N-dealkylation sites (N-methyl/N-ethyl adjacent to an activating group) is 1. The average Bonchev–Trinajstić information content (AvgIpc) is 2.77. The molecule has 0 saturated carbocycles. The largest absolute Gasteiger partial charge is 0.497 e. The van der Waals surface area contributed by atoms with Gasteiger partial charge in [-0.25, -0.2) is 0 Å². The van der Waals surface area contributed by atoms with Crippen molar-refractivity contribution in [3.8, 4) is 5.75 Å². The summed E-state index contributed by atoms with van der Waals surface area (Å²) in [5.74, 6) is 1.56. The van der Waals surface area contributed by atoms with Gasteiger partial charge in [-0.15, -0.1) is 0 Å². The molecule has 2 heteroatoms. The Labute approximate surface area is 110 Å². The summed E-state index contributed by atoms with van der Waals surface area (Å²) in [5.41, 5.74) is 4.27. The van der Waals surface area contributed by atoms with Crippen LogP contribution >= 0.6 is 0 Å². The van der Waals surface area contributed by atoms with E-state index in [0.717, 1.165) is 18.6 Å². The minimum Gasteiger partial charge on any atom is -0.497 e. The number of allylic oxidation sites excluding steroid dienone is 1. The van der Waals surface area contributed by atoms with Crippen LogP contribution in [0.3, 0.4) is 0 Å². The highest BCUT2D eigenvalue weighted by Gasteiger charge is 2.19. The molecule has 0 bridgehead atoms. The number of fused-ring (bicyclic) bond motifs is 1. The zero-order valence-electron chi connectivity index (χ0n) is 11.8. The first-order valence-corrected chi connectivity index (χ1v) is 6.71. The molecule has 0 amide bonds. The van der Waals surface area contributed by atoms with E-state index in [0.29, 0.717) is 12.0 Å². The summed E-state index contributed by atoms with van der Waals surface area (Å²) in [4.78, 5) is 0. The Morgan fingerprint density at radius 3 is 2.67 bits per heavy atom. The summed E-state index contributed by atoms with van der Waals surface area (Å²) in [5, 5.41) is 3.38. The minimum atomic E-state index is 0.442. The lowest BCUT2D eigenvalue weighted by molar-refractivity contribution is 0.414. The highest BCUT2D eigenvalue weighted by atomic mass is 16.5. The smallest absolute Gasteiger partial charge is 0.119 e. The van der Waals surface area contributed by atoms with Crippen molar-refractivity contribution >= 4 is 5.57 Å². The molecule has 2 nitrogen and oxygen atoms in total. The van der Waals surface area contributed by atoms with Crippen LogP contribution < -0.4 is 10.1 Å². The number of aryl methyl sites for hydroxylation is 1. The van der Waals surface area contributed by atoms with Crippen molar-refractivity contribution < 1.29 is 4.74 Å². The van der Waals surface area contributed by atoms with Gasteiger partial charge in [-0.3, -0.25) is 0 Å². The van der Waals surface area contributed by atoms with Gasteiger partial charge in [-0.05, 0) is 54.6 Å². The number of hydrogen-bond donors (Lipinski definition) is 1. The van der Waals surface area contributed by atoms with Crippen molar-refractivity contribution in [3.63, 3.8) is 0 Å². The summed E-state index contributed by atoms with van der Waals surface area (Å²) in [6.07, 6.45) is 4.68. The van der Waals surface area contributed by atoms with Crippen LogP contribution in [0.1, 0.15) is 31.4 Å². The molecular formula is C16H23NO. The molecule has 98 valence electrons. The van der Waals surface area contributed by atoms with Gasteiger partial charge in [0.1, 0.15) is 5.75 Å². The Hall–Kier alpha value is -1.28. The molecule has 1 unspecified atom stereocenters. The minimum absolute atomic E-state index is 0.442. The summed E-state index contributed by atoms with van der Waals surface area (Å²) in [6.45, 7) is 4.50. The van der Waals surface area contributed by atoms with E-state index in [9.17, 15) is 0 Å². The van der Waals surface area contributed by atoms with Crippen LogP contribution in [0.25, 0.3) is 5.57 Å². The lowest BCUT2D eigenvalue weighted by atomic mass is 9.98. The van der Waals surface area contributed by atoms with E-state index >= 15 is 0 Å². The Bertz CT molecular complexity index is 448. The number of nitrogens with one attached hydrogen (secondary N) is 1. The van der Waals surface area contributed by atoms with Crippen LogP contribution in [0.5, 0.6) is 5.75 Å². The molecule has 0 radical (unpaired) electrons. The third kappa shape index (κ3) is 2.59. The predicted molar refractivity (Wildman–Crippen MR) is 77.0 cm³/mol. The molecule has 0 heterocycles. The number of rotatable bonds is 4.